The van der Waals surface area contributed by atoms with E-state index in [-0.39, 0.29) is 30.3 Å². The average molecular weight is 380 g/mol. The van der Waals surface area contributed by atoms with E-state index in [2.05, 4.69) is 0 Å². The van der Waals surface area contributed by atoms with Gasteiger partial charge in [-0.3, -0.25) is 4.79 Å². The first-order valence-electron chi connectivity index (χ1n) is 9.24. The van der Waals surface area contributed by atoms with Gasteiger partial charge in [-0.1, -0.05) is 0 Å². The fraction of sp³-hybridized carbons (Fsp3) is 0.600. The van der Waals surface area contributed by atoms with Gasteiger partial charge in [0.2, 0.25) is 0 Å². The number of hydrogen-bond acceptors (Lipinski definition) is 4. The Hall–Kier alpha value is -2.31. The number of likely N-dealkylation sites (tertiary alicyclic amines) is 1. The average Bonchev–Trinajstić information content (AvgIpc) is 2.59. The van der Waals surface area contributed by atoms with Crippen molar-refractivity contribution in [1.29, 1.82) is 0 Å². The number of nitrogens with zero attached hydrogens (tertiary/aromatic N) is 2. The van der Waals surface area contributed by atoms with Crippen LogP contribution in [0.2, 0.25) is 0 Å². The van der Waals surface area contributed by atoms with E-state index in [9.17, 15) is 14.0 Å². The van der Waals surface area contributed by atoms with Crippen molar-refractivity contribution in [3.05, 3.63) is 30.1 Å². The molecule has 0 aromatic heterocycles. The van der Waals surface area contributed by atoms with Crippen molar-refractivity contribution < 1.29 is 23.5 Å². The van der Waals surface area contributed by atoms with Crippen LogP contribution in [-0.4, -0.2) is 60.7 Å². The molecule has 2 rings (SSSR count). The Morgan fingerprint density at radius 3 is 2.56 bits per heavy atom. The minimum atomic E-state index is -0.530. The lowest BCUT2D eigenvalue weighted by atomic mass is 9.97. The monoisotopic (exact) mass is 380 g/mol. The summed E-state index contributed by atoms with van der Waals surface area (Å²) in [4.78, 5) is 27.9. The van der Waals surface area contributed by atoms with Crippen molar-refractivity contribution in [3.8, 4) is 5.75 Å². The Morgan fingerprint density at radius 2 is 1.93 bits per heavy atom. The molecule has 1 unspecified atom stereocenters. The largest absolute Gasteiger partial charge is 0.484 e. The number of carbonyl (C=O) groups is 2. The third-order valence-corrected chi connectivity index (χ3v) is 4.28. The van der Waals surface area contributed by atoms with E-state index in [0.29, 0.717) is 25.4 Å². The van der Waals surface area contributed by atoms with E-state index in [1.54, 1.807) is 16.8 Å². The topological polar surface area (TPSA) is 59.1 Å². The van der Waals surface area contributed by atoms with Crippen LogP contribution >= 0.6 is 0 Å². The first-order valence-corrected chi connectivity index (χ1v) is 9.24. The molecule has 1 aromatic rings. The normalized spacial score (nSPS) is 17.4. The van der Waals surface area contributed by atoms with E-state index >= 15 is 0 Å². The Morgan fingerprint density at radius 1 is 1.26 bits per heavy atom. The quantitative estimate of drug-likeness (QED) is 0.786. The summed E-state index contributed by atoms with van der Waals surface area (Å²) < 4.78 is 23.7. The van der Waals surface area contributed by atoms with Gasteiger partial charge < -0.3 is 19.3 Å². The zero-order chi connectivity index (χ0) is 20.0. The van der Waals surface area contributed by atoms with Crippen LogP contribution in [0.25, 0.3) is 0 Å². The summed E-state index contributed by atoms with van der Waals surface area (Å²) in [5.41, 5.74) is -0.530. The summed E-state index contributed by atoms with van der Waals surface area (Å²) in [5, 5.41) is 0. The van der Waals surface area contributed by atoms with Crippen LogP contribution in [-0.2, 0) is 9.53 Å². The maximum Gasteiger partial charge on any atom is 0.410 e. The molecule has 7 heteroatoms. The smallest absolute Gasteiger partial charge is 0.410 e. The number of carbonyl (C=O) groups excluding carboxylic acids is 2. The Bertz CT molecular complexity index is 642. The molecular formula is C20H29FN2O4. The van der Waals surface area contributed by atoms with Crippen LogP contribution in [0.3, 0.4) is 0 Å². The first-order chi connectivity index (χ1) is 12.6. The summed E-state index contributed by atoms with van der Waals surface area (Å²) in [6.45, 7) is 7.22. The molecule has 0 N–H and O–H groups in total. The van der Waals surface area contributed by atoms with Crippen molar-refractivity contribution >= 4 is 12.0 Å². The molecule has 0 spiro atoms. The van der Waals surface area contributed by atoms with Crippen molar-refractivity contribution in [2.75, 3.05) is 33.3 Å². The van der Waals surface area contributed by atoms with Gasteiger partial charge in [0.05, 0.1) is 0 Å². The summed E-state index contributed by atoms with van der Waals surface area (Å²) in [6, 6.07) is 5.58. The van der Waals surface area contributed by atoms with E-state index in [4.69, 9.17) is 9.47 Å². The minimum absolute atomic E-state index is 0.0831. The summed E-state index contributed by atoms with van der Waals surface area (Å²) in [7, 11) is 1.71. The van der Waals surface area contributed by atoms with Crippen LogP contribution in [0.4, 0.5) is 9.18 Å². The molecule has 1 aromatic carbocycles. The second kappa shape index (κ2) is 9.06. The maximum atomic E-state index is 12.9. The molecule has 1 fully saturated rings. The standard InChI is InChI=1S/C20H29FN2O4/c1-20(2,3)27-19(25)22(4)12-15-6-5-11-23(13-15)18(24)14-26-17-9-7-16(21)8-10-17/h7-10,15H,5-6,11-14H2,1-4H3. The predicted octanol–water partition coefficient (Wildman–Crippen LogP) is 3.31. The first kappa shape index (κ1) is 21.0. The molecule has 1 heterocycles. The zero-order valence-electron chi connectivity index (χ0n) is 16.5. The Kier molecular flexibility index (Phi) is 7.05. The van der Waals surface area contributed by atoms with Crippen LogP contribution in [0.1, 0.15) is 33.6 Å². The van der Waals surface area contributed by atoms with Crippen LogP contribution < -0.4 is 4.74 Å². The third-order valence-electron chi connectivity index (χ3n) is 4.28. The van der Waals surface area contributed by atoms with Gasteiger partial charge in [-0.05, 0) is 63.8 Å². The highest BCUT2D eigenvalue weighted by atomic mass is 19.1. The molecule has 0 aliphatic carbocycles. The molecule has 1 saturated heterocycles. The third kappa shape index (κ3) is 7.07. The molecule has 0 bridgehead atoms. The lowest BCUT2D eigenvalue weighted by molar-refractivity contribution is -0.135. The molecule has 2 amide bonds. The lowest BCUT2D eigenvalue weighted by Gasteiger charge is -2.35. The zero-order valence-corrected chi connectivity index (χ0v) is 16.5. The van der Waals surface area contributed by atoms with E-state index in [0.717, 1.165) is 12.8 Å². The Balaban J connectivity index is 1.81. The second-order valence-corrected chi connectivity index (χ2v) is 7.95. The van der Waals surface area contributed by atoms with E-state index in [1.165, 1.54) is 24.3 Å². The highest BCUT2D eigenvalue weighted by Gasteiger charge is 2.27. The number of hydrogen-bond donors (Lipinski definition) is 0. The molecule has 0 saturated carbocycles. The molecule has 1 aliphatic rings. The van der Waals surface area contributed by atoms with Crippen molar-refractivity contribution in [1.82, 2.24) is 9.80 Å². The number of benzene rings is 1. The van der Waals surface area contributed by atoms with Crippen LogP contribution in [0, 0.1) is 11.7 Å². The SMILES string of the molecule is CN(CC1CCCN(C(=O)COc2ccc(F)cc2)C1)C(=O)OC(C)(C)C. The van der Waals surface area contributed by atoms with Gasteiger partial charge in [-0.2, -0.15) is 0 Å². The van der Waals surface area contributed by atoms with Crippen LogP contribution in [0.5, 0.6) is 5.75 Å². The molecule has 27 heavy (non-hydrogen) atoms. The lowest BCUT2D eigenvalue weighted by Crippen LogP contribution is -2.46. The highest BCUT2D eigenvalue weighted by Crippen LogP contribution is 2.19. The fourth-order valence-corrected chi connectivity index (χ4v) is 3.01. The van der Waals surface area contributed by atoms with Gasteiger partial charge in [0.15, 0.2) is 6.61 Å². The van der Waals surface area contributed by atoms with Gasteiger partial charge in [-0.25, -0.2) is 9.18 Å². The van der Waals surface area contributed by atoms with Crippen molar-refractivity contribution in [3.63, 3.8) is 0 Å². The maximum absolute atomic E-state index is 12.9. The number of piperidine rings is 1. The van der Waals surface area contributed by atoms with Crippen LogP contribution in [0.15, 0.2) is 24.3 Å². The van der Waals surface area contributed by atoms with Crippen molar-refractivity contribution in [2.24, 2.45) is 5.92 Å². The van der Waals surface area contributed by atoms with Gasteiger partial charge in [0, 0.05) is 26.7 Å². The highest BCUT2D eigenvalue weighted by molar-refractivity contribution is 5.77. The Labute approximate surface area is 160 Å². The molecule has 6 nitrogen and oxygen atoms in total. The molecule has 1 aliphatic heterocycles. The number of halogens is 1. The van der Waals surface area contributed by atoms with Gasteiger partial charge in [-0.15, -0.1) is 0 Å². The van der Waals surface area contributed by atoms with E-state index < -0.39 is 5.60 Å². The summed E-state index contributed by atoms with van der Waals surface area (Å²) >= 11 is 0. The predicted molar refractivity (Wildman–Crippen MR) is 100 cm³/mol. The second-order valence-electron chi connectivity index (χ2n) is 7.95. The van der Waals surface area contributed by atoms with Gasteiger partial charge >= 0.3 is 6.09 Å². The van der Waals surface area contributed by atoms with Gasteiger partial charge in [0.25, 0.3) is 5.91 Å². The molecule has 150 valence electrons. The molecule has 1 atom stereocenters. The summed E-state index contributed by atoms with van der Waals surface area (Å²) in [5.74, 6) is 0.208. The van der Waals surface area contributed by atoms with Crippen molar-refractivity contribution in [2.45, 2.75) is 39.2 Å². The molecule has 0 radical (unpaired) electrons. The van der Waals surface area contributed by atoms with E-state index in [1.807, 2.05) is 20.8 Å². The van der Waals surface area contributed by atoms with Gasteiger partial charge in [0.1, 0.15) is 17.2 Å². The summed E-state index contributed by atoms with van der Waals surface area (Å²) in [6.07, 6.45) is 1.48. The number of ether oxygens (including phenoxy) is 2. The fourth-order valence-electron chi connectivity index (χ4n) is 3.01. The number of amides is 2. The molecular weight excluding hydrogens is 351 g/mol. The minimum Gasteiger partial charge on any atom is -0.484 e. The number of rotatable bonds is 5.